The quantitative estimate of drug-likeness (QED) is 0.590. The van der Waals surface area contributed by atoms with Crippen LogP contribution in [0.1, 0.15) is 12.0 Å². The number of sulfonamides is 1. The smallest absolute Gasteiger partial charge is 0.247 e. The summed E-state index contributed by atoms with van der Waals surface area (Å²) in [6, 6.07) is 0.739. The second-order valence-corrected chi connectivity index (χ2v) is 6.50. The maximum Gasteiger partial charge on any atom is 0.247 e. The Labute approximate surface area is 121 Å². The molecule has 1 unspecified atom stereocenters. The number of likely N-dealkylation sites (N-methyl/N-ethyl adjacent to an activating group) is 1. The van der Waals surface area contributed by atoms with Gasteiger partial charge in [0.05, 0.1) is 11.3 Å². The molecule has 2 rings (SSSR count). The van der Waals surface area contributed by atoms with E-state index in [1.54, 1.807) is 0 Å². The molecular formula is C12H14FN3O4S. The fourth-order valence-electron chi connectivity index (χ4n) is 1.93. The zero-order valence-corrected chi connectivity index (χ0v) is 12.2. The van der Waals surface area contributed by atoms with E-state index in [0.29, 0.717) is 0 Å². The number of halogens is 1. The number of carbonyl (C=O) groups excluding carboxylic acids is 2. The lowest BCUT2D eigenvalue weighted by Gasteiger charge is -2.13. The summed E-state index contributed by atoms with van der Waals surface area (Å²) < 4.78 is 40.0. The van der Waals surface area contributed by atoms with Crippen molar-refractivity contribution in [1.82, 2.24) is 9.62 Å². The minimum Gasteiger partial charge on any atom is -0.398 e. The molecule has 1 aromatic rings. The molecule has 1 aromatic carbocycles. The Morgan fingerprint density at radius 1 is 1.38 bits per heavy atom. The number of nitrogens with two attached hydrogens (primary N) is 1. The highest BCUT2D eigenvalue weighted by Crippen LogP contribution is 2.22. The number of amides is 2. The number of nitrogen functional groups attached to an aromatic ring is 1. The Hall–Kier alpha value is -2.00. The summed E-state index contributed by atoms with van der Waals surface area (Å²) in [5, 5.41) is 0. The summed E-state index contributed by atoms with van der Waals surface area (Å²) >= 11 is 0. The van der Waals surface area contributed by atoms with Crippen LogP contribution < -0.4 is 10.5 Å². The van der Waals surface area contributed by atoms with E-state index in [4.69, 9.17) is 5.73 Å². The highest BCUT2D eigenvalue weighted by molar-refractivity contribution is 7.89. The van der Waals surface area contributed by atoms with Crippen molar-refractivity contribution in [1.29, 1.82) is 0 Å². The van der Waals surface area contributed by atoms with Crippen LogP contribution in [0.5, 0.6) is 0 Å². The first-order valence-corrected chi connectivity index (χ1v) is 7.50. The Morgan fingerprint density at radius 3 is 2.48 bits per heavy atom. The zero-order chi connectivity index (χ0) is 15.9. The van der Waals surface area contributed by atoms with Gasteiger partial charge in [-0.25, -0.2) is 12.8 Å². The van der Waals surface area contributed by atoms with Crippen LogP contribution in [0, 0.1) is 12.7 Å². The van der Waals surface area contributed by atoms with E-state index < -0.39 is 38.6 Å². The van der Waals surface area contributed by atoms with Crippen LogP contribution in [0.3, 0.4) is 0 Å². The van der Waals surface area contributed by atoms with Gasteiger partial charge in [0, 0.05) is 18.3 Å². The predicted molar refractivity (Wildman–Crippen MR) is 72.1 cm³/mol. The maximum absolute atomic E-state index is 13.6. The van der Waals surface area contributed by atoms with Crippen molar-refractivity contribution in [3.05, 3.63) is 23.5 Å². The molecule has 1 aliphatic heterocycles. The first-order valence-electron chi connectivity index (χ1n) is 6.02. The first-order chi connectivity index (χ1) is 9.63. The summed E-state index contributed by atoms with van der Waals surface area (Å²) in [7, 11) is -2.89. The third-order valence-corrected chi connectivity index (χ3v) is 4.80. The monoisotopic (exact) mass is 315 g/mol. The van der Waals surface area contributed by atoms with E-state index in [1.807, 2.05) is 0 Å². The number of imide groups is 1. The van der Waals surface area contributed by atoms with E-state index in [1.165, 1.54) is 14.0 Å². The average Bonchev–Trinajstić information content (AvgIpc) is 2.62. The van der Waals surface area contributed by atoms with Crippen molar-refractivity contribution < 1.29 is 22.4 Å². The van der Waals surface area contributed by atoms with Gasteiger partial charge in [-0.1, -0.05) is 0 Å². The highest BCUT2D eigenvalue weighted by atomic mass is 32.2. The van der Waals surface area contributed by atoms with Crippen LogP contribution in [0.15, 0.2) is 17.0 Å². The van der Waals surface area contributed by atoms with Crippen molar-refractivity contribution >= 4 is 27.5 Å². The van der Waals surface area contributed by atoms with Crippen LogP contribution in [-0.2, 0) is 19.6 Å². The van der Waals surface area contributed by atoms with Crippen molar-refractivity contribution in [2.75, 3.05) is 12.8 Å². The summed E-state index contributed by atoms with van der Waals surface area (Å²) in [4.78, 5) is 23.5. The average molecular weight is 315 g/mol. The molecule has 3 N–H and O–H groups in total. The van der Waals surface area contributed by atoms with Gasteiger partial charge < -0.3 is 5.73 Å². The van der Waals surface area contributed by atoms with Gasteiger partial charge in [-0.15, -0.1) is 0 Å². The minimum atomic E-state index is -4.15. The molecule has 2 amide bonds. The first kappa shape index (κ1) is 15.4. The molecule has 0 spiro atoms. The van der Waals surface area contributed by atoms with E-state index in [-0.39, 0.29) is 17.7 Å². The van der Waals surface area contributed by atoms with E-state index in [9.17, 15) is 22.4 Å². The molecule has 1 heterocycles. The lowest BCUT2D eigenvalue weighted by molar-refractivity contribution is -0.137. The van der Waals surface area contributed by atoms with Gasteiger partial charge in [-0.2, -0.15) is 4.72 Å². The fraction of sp³-hybridized carbons (Fsp3) is 0.333. The van der Waals surface area contributed by atoms with Crippen molar-refractivity contribution in [3.8, 4) is 0 Å². The molecular weight excluding hydrogens is 301 g/mol. The number of nitrogens with one attached hydrogen (secondary N) is 1. The lowest BCUT2D eigenvalue weighted by Crippen LogP contribution is -2.40. The van der Waals surface area contributed by atoms with Crippen molar-refractivity contribution in [2.45, 2.75) is 24.3 Å². The molecule has 114 valence electrons. The van der Waals surface area contributed by atoms with E-state index in [0.717, 1.165) is 17.0 Å². The Bertz CT molecular complexity index is 709. The van der Waals surface area contributed by atoms with E-state index in [2.05, 4.69) is 4.72 Å². The highest BCUT2D eigenvalue weighted by Gasteiger charge is 2.38. The van der Waals surface area contributed by atoms with Crippen LogP contribution >= 0.6 is 0 Å². The van der Waals surface area contributed by atoms with Gasteiger partial charge in [0.15, 0.2) is 0 Å². The number of anilines is 1. The predicted octanol–water partition coefficient (Wildman–Crippen LogP) is -0.248. The molecule has 0 aliphatic carbocycles. The third-order valence-electron chi connectivity index (χ3n) is 3.35. The van der Waals surface area contributed by atoms with Gasteiger partial charge in [0.1, 0.15) is 11.9 Å². The zero-order valence-electron chi connectivity index (χ0n) is 11.4. The van der Waals surface area contributed by atoms with Gasteiger partial charge in [0.2, 0.25) is 21.8 Å². The SMILES string of the molecule is Cc1c(N)cc(S(=O)(=O)NC2CC(=O)N(C)C2=O)cc1F. The van der Waals surface area contributed by atoms with Gasteiger partial charge in [-0.05, 0) is 19.1 Å². The Kier molecular flexibility index (Phi) is 3.72. The van der Waals surface area contributed by atoms with Gasteiger partial charge in [-0.3, -0.25) is 14.5 Å². The molecule has 0 radical (unpaired) electrons. The molecule has 0 aromatic heterocycles. The molecule has 0 bridgehead atoms. The number of rotatable bonds is 3. The third kappa shape index (κ3) is 2.74. The minimum absolute atomic E-state index is 0.0127. The molecule has 7 nitrogen and oxygen atoms in total. The summed E-state index contributed by atoms with van der Waals surface area (Å²) in [6.45, 7) is 1.42. The molecule has 1 fully saturated rings. The van der Waals surface area contributed by atoms with Crippen LogP contribution in [0.2, 0.25) is 0 Å². The molecule has 1 saturated heterocycles. The normalized spacial score (nSPS) is 19.4. The Morgan fingerprint density at radius 2 is 2.00 bits per heavy atom. The number of likely N-dealkylation sites (tertiary alicyclic amines) is 1. The van der Waals surface area contributed by atoms with Gasteiger partial charge >= 0.3 is 0 Å². The number of nitrogens with zero attached hydrogens (tertiary/aromatic N) is 1. The fourth-order valence-corrected chi connectivity index (χ4v) is 3.17. The molecule has 0 saturated carbocycles. The molecule has 1 aliphatic rings. The molecule has 21 heavy (non-hydrogen) atoms. The summed E-state index contributed by atoms with van der Waals surface area (Å²) in [6.07, 6.45) is -0.265. The Balaban J connectivity index is 2.32. The number of hydrogen-bond donors (Lipinski definition) is 2. The maximum atomic E-state index is 13.6. The summed E-state index contributed by atoms with van der Waals surface area (Å²) in [5.41, 5.74) is 5.66. The lowest BCUT2D eigenvalue weighted by atomic mass is 10.2. The van der Waals surface area contributed by atoms with Crippen LogP contribution in [0.4, 0.5) is 10.1 Å². The number of hydrogen-bond acceptors (Lipinski definition) is 5. The largest absolute Gasteiger partial charge is 0.398 e. The van der Waals surface area contributed by atoms with Crippen molar-refractivity contribution in [3.63, 3.8) is 0 Å². The standard InChI is InChI=1S/C12H14FN3O4S/c1-6-8(13)3-7(4-9(6)14)21(19,20)15-10-5-11(17)16(2)12(10)18/h3-4,10,15H,5,14H2,1-2H3. The molecule has 1 atom stereocenters. The van der Waals surface area contributed by atoms with Crippen molar-refractivity contribution in [2.24, 2.45) is 0 Å². The number of carbonyl (C=O) groups is 2. The van der Waals surface area contributed by atoms with Gasteiger partial charge in [0.25, 0.3) is 0 Å². The second-order valence-electron chi connectivity index (χ2n) is 4.79. The van der Waals surface area contributed by atoms with E-state index >= 15 is 0 Å². The number of benzene rings is 1. The second kappa shape index (κ2) is 5.08. The summed E-state index contributed by atoms with van der Waals surface area (Å²) in [5.74, 6) is -1.90. The van der Waals surface area contributed by atoms with Crippen LogP contribution in [-0.4, -0.2) is 38.2 Å². The van der Waals surface area contributed by atoms with Crippen LogP contribution in [0.25, 0.3) is 0 Å². The topological polar surface area (TPSA) is 110 Å². The molecule has 9 heteroatoms.